The molecule has 3 aromatic rings. The Labute approximate surface area is 156 Å². The maximum absolute atomic E-state index is 13.0. The molecular formula is C21H19N3O3. The maximum Gasteiger partial charge on any atom is 0.277 e. The highest BCUT2D eigenvalue weighted by molar-refractivity contribution is 5.96. The standard InChI is InChI=1S/C21H19N3O3/c1-13-6-8-14(9-7-13)19-11-17(23-27-19)21(26)24-12-16-5-3-2-4-15(16)10-18(24)20(22)25/h2-9,11,18H,10,12H2,1H3,(H2,22,25)/t18-/m0/s1. The van der Waals surface area contributed by atoms with Crippen molar-refractivity contribution < 1.29 is 14.1 Å². The second-order valence-corrected chi connectivity index (χ2v) is 6.77. The van der Waals surface area contributed by atoms with Gasteiger partial charge in [-0.1, -0.05) is 59.3 Å². The largest absolute Gasteiger partial charge is 0.368 e. The summed E-state index contributed by atoms with van der Waals surface area (Å²) in [5.74, 6) is -0.387. The van der Waals surface area contributed by atoms with Crippen molar-refractivity contribution in [2.75, 3.05) is 0 Å². The van der Waals surface area contributed by atoms with E-state index in [9.17, 15) is 9.59 Å². The Morgan fingerprint density at radius 1 is 1.11 bits per heavy atom. The number of carbonyl (C=O) groups excluding carboxylic acids is 2. The summed E-state index contributed by atoms with van der Waals surface area (Å²) in [6, 6.07) is 16.4. The van der Waals surface area contributed by atoms with Gasteiger partial charge in [0.25, 0.3) is 5.91 Å². The molecule has 2 heterocycles. The predicted octanol–water partition coefficient (Wildman–Crippen LogP) is 2.70. The van der Waals surface area contributed by atoms with Crippen LogP contribution in [0.1, 0.15) is 27.2 Å². The number of fused-ring (bicyclic) bond motifs is 1. The molecule has 0 fully saturated rings. The molecule has 4 rings (SSSR count). The third-order valence-electron chi connectivity index (χ3n) is 4.90. The van der Waals surface area contributed by atoms with E-state index >= 15 is 0 Å². The van der Waals surface area contributed by atoms with Gasteiger partial charge < -0.3 is 15.2 Å². The minimum absolute atomic E-state index is 0.163. The monoisotopic (exact) mass is 361 g/mol. The van der Waals surface area contributed by atoms with Crippen LogP contribution in [0.15, 0.2) is 59.1 Å². The quantitative estimate of drug-likeness (QED) is 0.777. The van der Waals surface area contributed by atoms with E-state index in [1.807, 2.05) is 55.5 Å². The summed E-state index contributed by atoms with van der Waals surface area (Å²) in [5.41, 5.74) is 9.73. The van der Waals surface area contributed by atoms with Gasteiger partial charge in [-0.25, -0.2) is 0 Å². The zero-order chi connectivity index (χ0) is 19.0. The molecule has 0 unspecified atom stereocenters. The first kappa shape index (κ1) is 17.0. The fourth-order valence-electron chi connectivity index (χ4n) is 3.37. The number of rotatable bonds is 3. The number of amides is 2. The van der Waals surface area contributed by atoms with Gasteiger partial charge in [0, 0.05) is 24.6 Å². The molecule has 2 aromatic carbocycles. The Kier molecular flexibility index (Phi) is 4.24. The van der Waals surface area contributed by atoms with Crippen molar-refractivity contribution >= 4 is 11.8 Å². The van der Waals surface area contributed by atoms with E-state index in [4.69, 9.17) is 10.3 Å². The Balaban J connectivity index is 1.63. The average molecular weight is 361 g/mol. The van der Waals surface area contributed by atoms with Crippen molar-refractivity contribution in [3.63, 3.8) is 0 Å². The zero-order valence-electron chi connectivity index (χ0n) is 14.9. The van der Waals surface area contributed by atoms with Crippen LogP contribution < -0.4 is 5.73 Å². The topological polar surface area (TPSA) is 89.4 Å². The molecular weight excluding hydrogens is 342 g/mol. The van der Waals surface area contributed by atoms with Crippen LogP contribution in [-0.4, -0.2) is 27.9 Å². The molecule has 0 bridgehead atoms. The van der Waals surface area contributed by atoms with E-state index in [0.717, 1.165) is 22.3 Å². The number of hydrogen-bond donors (Lipinski definition) is 1. The molecule has 0 radical (unpaired) electrons. The summed E-state index contributed by atoms with van der Waals surface area (Å²) in [7, 11) is 0. The Morgan fingerprint density at radius 2 is 1.81 bits per heavy atom. The highest BCUT2D eigenvalue weighted by atomic mass is 16.5. The van der Waals surface area contributed by atoms with Crippen LogP contribution in [0.4, 0.5) is 0 Å². The summed E-state index contributed by atoms with van der Waals surface area (Å²) in [4.78, 5) is 26.4. The van der Waals surface area contributed by atoms with Crippen molar-refractivity contribution in [2.24, 2.45) is 5.73 Å². The summed E-state index contributed by atoms with van der Waals surface area (Å²) in [5, 5.41) is 3.92. The highest BCUT2D eigenvalue weighted by Crippen LogP contribution is 2.26. The number of carbonyl (C=O) groups is 2. The number of aromatic nitrogens is 1. The van der Waals surface area contributed by atoms with Crippen LogP contribution in [0.3, 0.4) is 0 Å². The predicted molar refractivity (Wildman–Crippen MR) is 99.7 cm³/mol. The fraction of sp³-hybridized carbons (Fsp3) is 0.190. The van der Waals surface area contributed by atoms with Crippen molar-refractivity contribution in [3.05, 3.63) is 77.0 Å². The molecule has 1 atom stereocenters. The molecule has 0 saturated carbocycles. The molecule has 0 aliphatic carbocycles. The van der Waals surface area contributed by atoms with Crippen LogP contribution in [0.2, 0.25) is 0 Å². The van der Waals surface area contributed by atoms with Crippen molar-refractivity contribution in [3.8, 4) is 11.3 Å². The highest BCUT2D eigenvalue weighted by Gasteiger charge is 2.35. The number of nitrogens with two attached hydrogens (primary N) is 1. The van der Waals surface area contributed by atoms with E-state index < -0.39 is 11.9 Å². The molecule has 1 aliphatic rings. The molecule has 6 nitrogen and oxygen atoms in total. The van der Waals surface area contributed by atoms with E-state index in [2.05, 4.69) is 5.16 Å². The van der Waals surface area contributed by atoms with Crippen LogP contribution in [0.5, 0.6) is 0 Å². The van der Waals surface area contributed by atoms with E-state index in [-0.39, 0.29) is 11.6 Å². The Bertz CT molecular complexity index is 1010. The van der Waals surface area contributed by atoms with Gasteiger partial charge in [0.2, 0.25) is 5.91 Å². The molecule has 6 heteroatoms. The lowest BCUT2D eigenvalue weighted by atomic mass is 9.93. The first-order chi connectivity index (χ1) is 13.0. The smallest absolute Gasteiger partial charge is 0.277 e. The SMILES string of the molecule is Cc1ccc(-c2cc(C(=O)N3Cc4ccccc4C[C@H]3C(N)=O)no2)cc1. The second-order valence-electron chi connectivity index (χ2n) is 6.77. The third kappa shape index (κ3) is 3.21. The number of hydrogen-bond acceptors (Lipinski definition) is 4. The normalized spacial score (nSPS) is 16.0. The fourth-order valence-corrected chi connectivity index (χ4v) is 3.37. The summed E-state index contributed by atoms with van der Waals surface area (Å²) < 4.78 is 5.35. The molecule has 136 valence electrons. The van der Waals surface area contributed by atoms with E-state index in [0.29, 0.717) is 18.7 Å². The molecule has 2 N–H and O–H groups in total. The molecule has 1 aliphatic heterocycles. The minimum Gasteiger partial charge on any atom is -0.368 e. The number of nitrogens with zero attached hydrogens (tertiary/aromatic N) is 2. The van der Waals surface area contributed by atoms with Crippen molar-refractivity contribution in [2.45, 2.75) is 25.9 Å². The molecule has 1 aromatic heterocycles. The lowest BCUT2D eigenvalue weighted by Crippen LogP contribution is -2.51. The van der Waals surface area contributed by atoms with Gasteiger partial charge in [-0.05, 0) is 18.1 Å². The van der Waals surface area contributed by atoms with Crippen LogP contribution in [-0.2, 0) is 17.8 Å². The summed E-state index contributed by atoms with van der Waals surface area (Å²) in [6.45, 7) is 2.31. The minimum atomic E-state index is -0.702. The Morgan fingerprint density at radius 3 is 2.52 bits per heavy atom. The van der Waals surface area contributed by atoms with E-state index in [1.54, 1.807) is 6.07 Å². The van der Waals surface area contributed by atoms with E-state index in [1.165, 1.54) is 4.90 Å². The zero-order valence-corrected chi connectivity index (χ0v) is 14.9. The van der Waals surface area contributed by atoms with Crippen LogP contribution in [0.25, 0.3) is 11.3 Å². The van der Waals surface area contributed by atoms with Gasteiger partial charge in [-0.3, -0.25) is 9.59 Å². The van der Waals surface area contributed by atoms with Gasteiger partial charge in [-0.15, -0.1) is 0 Å². The first-order valence-corrected chi connectivity index (χ1v) is 8.74. The van der Waals surface area contributed by atoms with Gasteiger partial charge >= 0.3 is 0 Å². The number of aryl methyl sites for hydroxylation is 1. The second kappa shape index (κ2) is 6.72. The van der Waals surface area contributed by atoms with Gasteiger partial charge in [0.1, 0.15) is 6.04 Å². The average Bonchev–Trinajstić information content (AvgIpc) is 3.17. The van der Waals surface area contributed by atoms with Gasteiger partial charge in [-0.2, -0.15) is 0 Å². The van der Waals surface area contributed by atoms with Crippen molar-refractivity contribution in [1.82, 2.24) is 10.1 Å². The van der Waals surface area contributed by atoms with Crippen LogP contribution in [0, 0.1) is 6.92 Å². The lowest BCUT2D eigenvalue weighted by Gasteiger charge is -2.34. The van der Waals surface area contributed by atoms with Crippen molar-refractivity contribution in [1.29, 1.82) is 0 Å². The number of benzene rings is 2. The first-order valence-electron chi connectivity index (χ1n) is 8.74. The molecule has 0 saturated heterocycles. The Hall–Kier alpha value is -3.41. The molecule has 0 spiro atoms. The van der Waals surface area contributed by atoms with Gasteiger partial charge in [0.05, 0.1) is 0 Å². The molecule has 27 heavy (non-hydrogen) atoms. The van der Waals surface area contributed by atoms with Gasteiger partial charge in [0.15, 0.2) is 11.5 Å². The van der Waals surface area contributed by atoms with Crippen LogP contribution >= 0.6 is 0 Å². The summed E-state index contributed by atoms with van der Waals surface area (Å²) >= 11 is 0. The summed E-state index contributed by atoms with van der Waals surface area (Å²) in [6.07, 6.45) is 0.403. The molecule has 2 amide bonds. The third-order valence-corrected chi connectivity index (χ3v) is 4.90. The lowest BCUT2D eigenvalue weighted by molar-refractivity contribution is -0.122. The maximum atomic E-state index is 13.0. The number of primary amides is 1.